The van der Waals surface area contributed by atoms with Crippen molar-refractivity contribution in [3.63, 3.8) is 0 Å². The fraction of sp³-hybridized carbons (Fsp3) is 0.0222. The van der Waals surface area contributed by atoms with Gasteiger partial charge in [0, 0.05) is 33.5 Å². The summed E-state index contributed by atoms with van der Waals surface area (Å²) in [6.07, 6.45) is 6.44. The van der Waals surface area contributed by atoms with Crippen molar-refractivity contribution in [2.45, 2.75) is 6.92 Å². The van der Waals surface area contributed by atoms with Crippen molar-refractivity contribution in [3.8, 4) is 0 Å². The molecular formula is C45H36N2. The second-order valence-corrected chi connectivity index (χ2v) is 11.5. The van der Waals surface area contributed by atoms with Gasteiger partial charge in [-0.1, -0.05) is 140 Å². The maximum Gasteiger partial charge on any atom is 0.0540 e. The lowest BCUT2D eigenvalue weighted by Crippen LogP contribution is -2.15. The molecule has 0 amide bonds. The molecule has 2 nitrogen and oxygen atoms in total. The van der Waals surface area contributed by atoms with Crippen LogP contribution < -0.4 is 9.80 Å². The van der Waals surface area contributed by atoms with E-state index in [1.54, 1.807) is 0 Å². The lowest BCUT2D eigenvalue weighted by Gasteiger charge is -2.28. The molecule has 0 spiro atoms. The van der Waals surface area contributed by atoms with Gasteiger partial charge in [0.25, 0.3) is 0 Å². The molecule has 7 aromatic rings. The van der Waals surface area contributed by atoms with Crippen LogP contribution in [0.25, 0.3) is 27.1 Å². The van der Waals surface area contributed by atoms with E-state index in [9.17, 15) is 0 Å². The van der Waals surface area contributed by atoms with Crippen molar-refractivity contribution >= 4 is 55.6 Å². The van der Waals surface area contributed by atoms with E-state index in [2.05, 4.69) is 211 Å². The van der Waals surface area contributed by atoms with Gasteiger partial charge >= 0.3 is 0 Å². The minimum atomic E-state index is 0.943. The first-order valence-electron chi connectivity index (χ1n) is 16.0. The quantitative estimate of drug-likeness (QED) is 0.151. The molecule has 0 unspecified atom stereocenters. The van der Waals surface area contributed by atoms with Crippen LogP contribution >= 0.6 is 0 Å². The fourth-order valence-corrected chi connectivity index (χ4v) is 6.22. The number of benzene rings is 7. The molecule has 0 radical (unpaired) electrons. The van der Waals surface area contributed by atoms with Crippen LogP contribution in [0, 0.1) is 0 Å². The van der Waals surface area contributed by atoms with E-state index in [1.165, 1.54) is 21.5 Å². The minimum absolute atomic E-state index is 0.943. The van der Waals surface area contributed by atoms with Gasteiger partial charge in [0.05, 0.1) is 11.4 Å². The van der Waals surface area contributed by atoms with E-state index in [4.69, 9.17) is 0 Å². The Morgan fingerprint density at radius 3 is 1.57 bits per heavy atom. The second kappa shape index (κ2) is 13.5. The zero-order chi connectivity index (χ0) is 32.0. The first-order valence-corrected chi connectivity index (χ1v) is 16.0. The van der Waals surface area contributed by atoms with Crippen molar-refractivity contribution < 1.29 is 0 Å². The Labute approximate surface area is 277 Å². The molecule has 47 heavy (non-hydrogen) atoms. The predicted molar refractivity (Wildman–Crippen MR) is 203 cm³/mol. The van der Waals surface area contributed by atoms with Crippen LogP contribution in [0.3, 0.4) is 0 Å². The first-order chi connectivity index (χ1) is 23.2. The van der Waals surface area contributed by atoms with Crippen molar-refractivity contribution in [2.24, 2.45) is 0 Å². The van der Waals surface area contributed by atoms with E-state index < -0.39 is 0 Å². The largest absolute Gasteiger partial charge is 0.310 e. The van der Waals surface area contributed by atoms with Gasteiger partial charge in [0.15, 0.2) is 0 Å². The van der Waals surface area contributed by atoms with Crippen LogP contribution in [-0.4, -0.2) is 0 Å². The third-order valence-electron chi connectivity index (χ3n) is 8.55. The lowest BCUT2D eigenvalue weighted by molar-refractivity contribution is 1.21. The van der Waals surface area contributed by atoms with E-state index in [1.807, 2.05) is 0 Å². The number of fused-ring (bicyclic) bond motifs is 2. The molecule has 0 saturated carbocycles. The monoisotopic (exact) mass is 604 g/mol. The summed E-state index contributed by atoms with van der Waals surface area (Å²) < 4.78 is 0. The minimum Gasteiger partial charge on any atom is -0.310 e. The Morgan fingerprint density at radius 1 is 0.468 bits per heavy atom. The zero-order valence-corrected chi connectivity index (χ0v) is 26.5. The molecule has 7 rings (SSSR count). The van der Waals surface area contributed by atoms with Crippen LogP contribution in [0.15, 0.2) is 200 Å². The van der Waals surface area contributed by atoms with Crippen LogP contribution in [0.1, 0.15) is 12.5 Å². The number of hydrogen-bond acceptors (Lipinski definition) is 2. The summed E-state index contributed by atoms with van der Waals surface area (Å²) in [5.41, 5.74) is 8.67. The highest BCUT2D eigenvalue weighted by atomic mass is 15.2. The topological polar surface area (TPSA) is 6.48 Å². The highest BCUT2D eigenvalue weighted by Gasteiger charge is 2.17. The number of hydrogen-bond donors (Lipinski definition) is 0. The molecule has 0 aliphatic carbocycles. The standard InChI is InChI=1S/C45H36N2/c1-3-38(46(39-20-6-4-7-21-39)44-26-14-18-36-16-10-12-24-42(36)44)31-28-34(2)35-29-32-41(33-30-35)47(40-22-8-5-9-23-40)45-27-15-19-37-17-11-13-25-43(37)45/h3-33H,2H2,1H3/b31-28-,38-3+. The summed E-state index contributed by atoms with van der Waals surface area (Å²) in [4.78, 5) is 4.64. The van der Waals surface area contributed by atoms with Crippen LogP contribution in [-0.2, 0) is 0 Å². The van der Waals surface area contributed by atoms with Crippen LogP contribution in [0.4, 0.5) is 28.4 Å². The summed E-state index contributed by atoms with van der Waals surface area (Å²) in [7, 11) is 0. The van der Waals surface area contributed by atoms with Gasteiger partial charge < -0.3 is 9.80 Å². The third kappa shape index (κ3) is 6.10. The fourth-order valence-electron chi connectivity index (χ4n) is 6.22. The van der Waals surface area contributed by atoms with E-state index >= 15 is 0 Å². The predicted octanol–water partition coefficient (Wildman–Crippen LogP) is 12.8. The first kappa shape index (κ1) is 29.6. The van der Waals surface area contributed by atoms with Gasteiger partial charge in [-0.2, -0.15) is 0 Å². The Bertz CT molecular complexity index is 2200. The normalized spacial score (nSPS) is 11.6. The van der Waals surface area contributed by atoms with Crippen LogP contribution in [0.2, 0.25) is 0 Å². The van der Waals surface area contributed by atoms with Gasteiger partial charge in [0.2, 0.25) is 0 Å². The molecule has 226 valence electrons. The Hall–Kier alpha value is -6.12. The molecular weight excluding hydrogens is 569 g/mol. The molecule has 7 aromatic carbocycles. The zero-order valence-electron chi connectivity index (χ0n) is 26.5. The number of para-hydroxylation sites is 2. The maximum absolute atomic E-state index is 4.47. The van der Waals surface area contributed by atoms with Gasteiger partial charge in [-0.3, -0.25) is 0 Å². The van der Waals surface area contributed by atoms with E-state index in [-0.39, 0.29) is 0 Å². The highest BCUT2D eigenvalue weighted by Crippen LogP contribution is 2.39. The molecule has 0 fully saturated rings. The van der Waals surface area contributed by atoms with Gasteiger partial charge in [-0.25, -0.2) is 0 Å². The number of anilines is 5. The summed E-state index contributed by atoms with van der Waals surface area (Å²) in [6.45, 7) is 6.56. The maximum atomic E-state index is 4.47. The third-order valence-corrected chi connectivity index (χ3v) is 8.55. The van der Waals surface area contributed by atoms with Gasteiger partial charge in [-0.05, 0) is 83.4 Å². The Balaban J connectivity index is 1.21. The van der Waals surface area contributed by atoms with Crippen molar-refractivity contribution in [2.75, 3.05) is 9.80 Å². The summed E-state index contributed by atoms with van der Waals surface area (Å²) in [5, 5.41) is 4.84. The number of nitrogens with zero attached hydrogens (tertiary/aromatic N) is 2. The van der Waals surface area contributed by atoms with Crippen LogP contribution in [0.5, 0.6) is 0 Å². The highest BCUT2D eigenvalue weighted by molar-refractivity contribution is 5.99. The average molecular weight is 605 g/mol. The van der Waals surface area contributed by atoms with E-state index in [0.29, 0.717) is 0 Å². The number of rotatable bonds is 9. The van der Waals surface area contributed by atoms with Crippen molar-refractivity contribution in [1.29, 1.82) is 0 Å². The van der Waals surface area contributed by atoms with Gasteiger partial charge in [0.1, 0.15) is 0 Å². The smallest absolute Gasteiger partial charge is 0.0540 e. The molecule has 0 N–H and O–H groups in total. The second-order valence-electron chi connectivity index (χ2n) is 11.5. The average Bonchev–Trinajstić information content (AvgIpc) is 3.14. The molecule has 0 bridgehead atoms. The Morgan fingerprint density at radius 2 is 0.957 bits per heavy atom. The molecule has 0 heterocycles. The molecule has 0 aliphatic heterocycles. The van der Waals surface area contributed by atoms with Crippen molar-refractivity contribution in [1.82, 2.24) is 0 Å². The lowest BCUT2D eigenvalue weighted by atomic mass is 10.0. The van der Waals surface area contributed by atoms with E-state index in [0.717, 1.165) is 45.3 Å². The summed E-state index contributed by atoms with van der Waals surface area (Å²) in [6, 6.07) is 59.9. The van der Waals surface area contributed by atoms with Gasteiger partial charge in [-0.15, -0.1) is 0 Å². The molecule has 2 heteroatoms. The summed E-state index contributed by atoms with van der Waals surface area (Å²) >= 11 is 0. The van der Waals surface area contributed by atoms with Crippen molar-refractivity contribution in [3.05, 3.63) is 206 Å². The Kier molecular flexibility index (Phi) is 8.48. The molecule has 0 aliphatic rings. The molecule has 0 atom stereocenters. The SMILES string of the molecule is C=C(/C=C\C(=C/C)N(c1ccccc1)c1cccc2ccccc12)c1ccc(N(c2ccccc2)c2cccc3ccccc23)cc1. The molecule has 0 saturated heterocycles. The summed E-state index contributed by atoms with van der Waals surface area (Å²) in [5.74, 6) is 0. The molecule has 0 aromatic heterocycles. The number of allylic oxidation sites excluding steroid dienone is 4.